The zero-order valence-electron chi connectivity index (χ0n) is 20.6. The molecular formula is C27H29N3O6. The fourth-order valence-electron chi connectivity index (χ4n) is 5.28. The molecule has 9 heteroatoms. The molecular weight excluding hydrogens is 462 g/mol. The number of carboxylic acid groups (broad SMARTS) is 1. The van der Waals surface area contributed by atoms with E-state index in [0.29, 0.717) is 31.8 Å². The fourth-order valence-corrected chi connectivity index (χ4v) is 5.28. The van der Waals surface area contributed by atoms with E-state index in [1.807, 2.05) is 43.8 Å². The van der Waals surface area contributed by atoms with Gasteiger partial charge in [-0.15, -0.1) is 0 Å². The first-order chi connectivity index (χ1) is 17.2. The van der Waals surface area contributed by atoms with Crippen molar-refractivity contribution in [1.29, 1.82) is 0 Å². The van der Waals surface area contributed by atoms with Gasteiger partial charge in [-0.25, -0.2) is 9.78 Å². The van der Waals surface area contributed by atoms with Gasteiger partial charge in [0.1, 0.15) is 17.5 Å². The van der Waals surface area contributed by atoms with Crippen LogP contribution in [0, 0.1) is 0 Å². The molecule has 1 atom stereocenters. The maximum Gasteiger partial charge on any atom is 0.341 e. The lowest BCUT2D eigenvalue weighted by molar-refractivity contribution is -0.137. The van der Waals surface area contributed by atoms with Crippen molar-refractivity contribution in [3.8, 4) is 11.1 Å². The van der Waals surface area contributed by atoms with Gasteiger partial charge < -0.3 is 28.8 Å². The molecule has 0 spiro atoms. The number of carbonyl (C=O) groups is 1. The van der Waals surface area contributed by atoms with E-state index in [2.05, 4.69) is 4.90 Å². The summed E-state index contributed by atoms with van der Waals surface area (Å²) in [6.45, 7) is 5.75. The number of ether oxygens (including phenoxy) is 3. The molecule has 1 aromatic carbocycles. The Labute approximate surface area is 208 Å². The lowest BCUT2D eigenvalue weighted by Crippen LogP contribution is -2.32. The van der Waals surface area contributed by atoms with Gasteiger partial charge in [-0.3, -0.25) is 4.79 Å². The highest BCUT2D eigenvalue weighted by Crippen LogP contribution is 2.41. The molecule has 1 saturated heterocycles. The minimum absolute atomic E-state index is 0.0381. The number of benzene rings is 1. The number of rotatable bonds is 5. The lowest BCUT2D eigenvalue weighted by atomic mass is 9.95. The molecule has 2 aliphatic heterocycles. The molecule has 0 bridgehead atoms. The van der Waals surface area contributed by atoms with Crippen LogP contribution in [0.25, 0.3) is 22.0 Å². The van der Waals surface area contributed by atoms with Crippen LogP contribution in [0.15, 0.2) is 35.4 Å². The first-order valence-electron chi connectivity index (χ1n) is 12.3. The Morgan fingerprint density at radius 1 is 1.25 bits per heavy atom. The summed E-state index contributed by atoms with van der Waals surface area (Å²) in [4.78, 5) is 31.5. The van der Waals surface area contributed by atoms with Crippen LogP contribution in [0.4, 0.5) is 5.82 Å². The molecule has 188 valence electrons. The minimum Gasteiger partial charge on any atom is -0.477 e. The summed E-state index contributed by atoms with van der Waals surface area (Å²) in [6.07, 6.45) is 5.25. The van der Waals surface area contributed by atoms with Crippen molar-refractivity contribution in [1.82, 2.24) is 9.55 Å². The molecule has 4 heterocycles. The van der Waals surface area contributed by atoms with Crippen LogP contribution in [0.5, 0.6) is 0 Å². The molecule has 6 rings (SSSR count). The predicted molar refractivity (Wildman–Crippen MR) is 133 cm³/mol. The van der Waals surface area contributed by atoms with Crippen LogP contribution in [-0.4, -0.2) is 52.7 Å². The van der Waals surface area contributed by atoms with Gasteiger partial charge in [-0.2, -0.15) is 0 Å². The van der Waals surface area contributed by atoms with Gasteiger partial charge >= 0.3 is 5.97 Å². The van der Waals surface area contributed by atoms with E-state index < -0.39 is 17.2 Å². The number of anilines is 1. The molecule has 2 aromatic heterocycles. The number of hydrogen-bond acceptors (Lipinski definition) is 7. The Hall–Kier alpha value is -3.27. The summed E-state index contributed by atoms with van der Waals surface area (Å²) in [5, 5.41) is 10.0. The van der Waals surface area contributed by atoms with Crippen molar-refractivity contribution in [2.45, 2.75) is 57.8 Å². The van der Waals surface area contributed by atoms with Gasteiger partial charge in [0, 0.05) is 48.5 Å². The van der Waals surface area contributed by atoms with E-state index >= 15 is 0 Å². The Kier molecular flexibility index (Phi) is 5.40. The topological polar surface area (TPSA) is 103 Å². The summed E-state index contributed by atoms with van der Waals surface area (Å²) < 4.78 is 19.7. The molecule has 1 N–H and O–H groups in total. The maximum absolute atomic E-state index is 13.0. The van der Waals surface area contributed by atoms with Crippen LogP contribution < -0.4 is 10.3 Å². The summed E-state index contributed by atoms with van der Waals surface area (Å²) in [6, 6.07) is 5.88. The van der Waals surface area contributed by atoms with Gasteiger partial charge in [0.15, 0.2) is 5.79 Å². The van der Waals surface area contributed by atoms with Crippen LogP contribution in [-0.2, 0) is 27.4 Å². The molecule has 36 heavy (non-hydrogen) atoms. The Morgan fingerprint density at radius 2 is 2.06 bits per heavy atom. The number of fused-ring (bicyclic) bond motifs is 5. The monoisotopic (exact) mass is 491 g/mol. The Balaban J connectivity index is 1.41. The minimum atomic E-state index is -1.20. The summed E-state index contributed by atoms with van der Waals surface area (Å²) in [7, 11) is 1.98. The molecule has 0 unspecified atom stereocenters. The average Bonchev–Trinajstić information content (AvgIpc) is 3.64. The Morgan fingerprint density at radius 3 is 2.75 bits per heavy atom. The van der Waals surface area contributed by atoms with Crippen molar-refractivity contribution in [3.63, 3.8) is 0 Å². The molecule has 1 saturated carbocycles. The highest BCUT2D eigenvalue weighted by Gasteiger charge is 2.34. The number of aromatic nitrogens is 2. The SMILES string of the molecule is CN(C[C@@H]1COC(C)(C)O1)c1cc2c(cn1)-c1ccc3c(=O)c(C(=O)O)cn(C4CC4)c3c1COC2. The number of hydrogen-bond donors (Lipinski definition) is 1. The molecule has 2 fully saturated rings. The van der Waals surface area contributed by atoms with Gasteiger partial charge in [0.25, 0.3) is 0 Å². The van der Waals surface area contributed by atoms with Gasteiger partial charge in [0.05, 0.1) is 25.3 Å². The van der Waals surface area contributed by atoms with Crippen molar-refractivity contribution >= 4 is 22.7 Å². The second-order valence-corrected chi connectivity index (χ2v) is 10.3. The van der Waals surface area contributed by atoms with Gasteiger partial charge in [-0.05, 0) is 49.9 Å². The van der Waals surface area contributed by atoms with E-state index in [0.717, 1.165) is 46.4 Å². The van der Waals surface area contributed by atoms with E-state index in [-0.39, 0.29) is 17.7 Å². The quantitative estimate of drug-likeness (QED) is 0.576. The van der Waals surface area contributed by atoms with Crippen LogP contribution in [0.1, 0.15) is 54.2 Å². The van der Waals surface area contributed by atoms with Crippen molar-refractivity contribution in [3.05, 3.63) is 57.5 Å². The summed E-state index contributed by atoms with van der Waals surface area (Å²) >= 11 is 0. The zero-order valence-corrected chi connectivity index (χ0v) is 20.6. The number of aromatic carboxylic acids is 1. The molecule has 3 aromatic rings. The second-order valence-electron chi connectivity index (χ2n) is 10.3. The number of likely N-dealkylation sites (N-methyl/N-ethyl adjacent to an activating group) is 1. The fraction of sp³-hybridized carbons (Fsp3) is 0.444. The first kappa shape index (κ1) is 23.1. The molecule has 3 aliphatic rings. The van der Waals surface area contributed by atoms with Crippen LogP contribution in [0.2, 0.25) is 0 Å². The van der Waals surface area contributed by atoms with Gasteiger partial charge in [0.2, 0.25) is 5.43 Å². The third-order valence-corrected chi connectivity index (χ3v) is 7.17. The standard InChI is InChI=1S/C27H29N3O6/c1-27(2)35-13-17(36-27)10-29(3)23-8-15-12-34-14-22-18(20(15)9-28-23)6-7-19-24(22)30(16-4-5-16)11-21(25(19)31)26(32)33/h6-9,11,16-17H,4-5,10,12-14H2,1-3H3,(H,32,33)/t17-/m1/s1. The van der Waals surface area contributed by atoms with E-state index in [4.69, 9.17) is 19.2 Å². The lowest BCUT2D eigenvalue weighted by Gasteiger charge is -2.23. The largest absolute Gasteiger partial charge is 0.477 e. The molecule has 9 nitrogen and oxygen atoms in total. The summed E-state index contributed by atoms with van der Waals surface area (Å²) in [5.41, 5.74) is 3.94. The van der Waals surface area contributed by atoms with Crippen LogP contribution >= 0.6 is 0 Å². The van der Waals surface area contributed by atoms with E-state index in [1.54, 1.807) is 6.07 Å². The predicted octanol–water partition coefficient (Wildman–Crippen LogP) is 3.71. The Bertz CT molecular complexity index is 1440. The third-order valence-electron chi connectivity index (χ3n) is 7.17. The van der Waals surface area contributed by atoms with Crippen molar-refractivity contribution < 1.29 is 24.1 Å². The van der Waals surface area contributed by atoms with Crippen molar-refractivity contribution in [2.24, 2.45) is 0 Å². The zero-order chi connectivity index (χ0) is 25.2. The molecule has 1 aliphatic carbocycles. The molecule has 0 amide bonds. The number of carboxylic acids is 1. The van der Waals surface area contributed by atoms with E-state index in [9.17, 15) is 14.7 Å². The summed E-state index contributed by atoms with van der Waals surface area (Å²) in [5.74, 6) is -0.956. The van der Waals surface area contributed by atoms with E-state index in [1.165, 1.54) is 6.20 Å². The second kappa shape index (κ2) is 8.40. The van der Waals surface area contributed by atoms with Gasteiger partial charge in [-0.1, -0.05) is 6.07 Å². The first-order valence-corrected chi connectivity index (χ1v) is 12.3. The average molecular weight is 492 g/mol. The maximum atomic E-state index is 13.0. The molecule has 0 radical (unpaired) electrons. The van der Waals surface area contributed by atoms with Crippen LogP contribution in [0.3, 0.4) is 0 Å². The normalized spacial score (nSPS) is 20.6. The van der Waals surface area contributed by atoms with Crippen molar-refractivity contribution in [2.75, 3.05) is 25.1 Å². The smallest absolute Gasteiger partial charge is 0.341 e. The number of nitrogens with zero attached hydrogens (tertiary/aromatic N) is 3. The third kappa shape index (κ3) is 3.97. The number of pyridine rings is 2. The highest BCUT2D eigenvalue weighted by molar-refractivity contribution is 5.96. The highest BCUT2D eigenvalue weighted by atomic mass is 16.7.